The molecule has 82 valence electrons. The lowest BCUT2D eigenvalue weighted by atomic mass is 10.4. The van der Waals surface area contributed by atoms with Gasteiger partial charge in [0.1, 0.15) is 5.15 Å². The van der Waals surface area contributed by atoms with Gasteiger partial charge in [-0.25, -0.2) is 9.97 Å². The Morgan fingerprint density at radius 2 is 2.47 bits per heavy atom. The van der Waals surface area contributed by atoms with Crippen LogP contribution < -0.4 is 5.32 Å². The summed E-state index contributed by atoms with van der Waals surface area (Å²) in [6.07, 6.45) is 2.52. The Balaban J connectivity index is 2.21. The summed E-state index contributed by atoms with van der Waals surface area (Å²) in [4.78, 5) is 8.10. The van der Waals surface area contributed by atoms with Crippen LogP contribution in [0.25, 0.3) is 0 Å². The second-order valence-corrected chi connectivity index (χ2v) is 5.52. The Labute approximate surface area is 95.9 Å². The molecule has 0 aliphatic carbocycles. The SMILES string of the molecule is Cc1cnc([S@](=O)[C@@H]2CCNC2)nc1Cl. The minimum Gasteiger partial charge on any atom is -0.315 e. The van der Waals surface area contributed by atoms with E-state index in [0.29, 0.717) is 10.3 Å². The zero-order valence-corrected chi connectivity index (χ0v) is 9.94. The fourth-order valence-corrected chi connectivity index (χ4v) is 2.88. The summed E-state index contributed by atoms with van der Waals surface area (Å²) in [7, 11) is -1.15. The molecule has 0 bridgehead atoms. The van der Waals surface area contributed by atoms with Crippen molar-refractivity contribution in [2.75, 3.05) is 13.1 Å². The molecule has 2 rings (SSSR count). The first kappa shape index (κ1) is 11.0. The van der Waals surface area contributed by atoms with Crippen molar-refractivity contribution in [3.8, 4) is 0 Å². The Morgan fingerprint density at radius 3 is 3.07 bits per heavy atom. The Bertz CT molecular complexity index is 393. The van der Waals surface area contributed by atoms with Crippen molar-refractivity contribution in [1.82, 2.24) is 15.3 Å². The summed E-state index contributed by atoms with van der Waals surface area (Å²) in [5.41, 5.74) is 0.807. The van der Waals surface area contributed by atoms with Crippen molar-refractivity contribution in [2.24, 2.45) is 0 Å². The molecule has 2 atom stereocenters. The van der Waals surface area contributed by atoms with Crippen molar-refractivity contribution in [3.05, 3.63) is 16.9 Å². The van der Waals surface area contributed by atoms with Gasteiger partial charge in [-0.1, -0.05) is 11.6 Å². The van der Waals surface area contributed by atoms with Gasteiger partial charge in [0.15, 0.2) is 0 Å². The third-order valence-electron chi connectivity index (χ3n) is 2.39. The summed E-state index contributed by atoms with van der Waals surface area (Å²) in [6.45, 7) is 3.50. The molecule has 1 aliphatic rings. The van der Waals surface area contributed by atoms with Crippen LogP contribution in [-0.2, 0) is 10.8 Å². The van der Waals surface area contributed by atoms with Gasteiger partial charge in [-0.2, -0.15) is 0 Å². The van der Waals surface area contributed by atoms with E-state index < -0.39 is 10.8 Å². The van der Waals surface area contributed by atoms with Gasteiger partial charge in [0.2, 0.25) is 5.16 Å². The highest BCUT2D eigenvalue weighted by molar-refractivity contribution is 7.85. The lowest BCUT2D eigenvalue weighted by Gasteiger charge is -2.07. The zero-order chi connectivity index (χ0) is 10.8. The van der Waals surface area contributed by atoms with E-state index in [4.69, 9.17) is 11.6 Å². The molecule has 1 fully saturated rings. The first-order valence-corrected chi connectivity index (χ1v) is 6.38. The monoisotopic (exact) mass is 245 g/mol. The van der Waals surface area contributed by atoms with Gasteiger partial charge in [0.25, 0.3) is 0 Å². The molecule has 1 aromatic heterocycles. The molecule has 0 radical (unpaired) electrons. The zero-order valence-electron chi connectivity index (χ0n) is 8.36. The van der Waals surface area contributed by atoms with E-state index in [1.54, 1.807) is 6.20 Å². The van der Waals surface area contributed by atoms with Crippen LogP contribution in [0.5, 0.6) is 0 Å². The molecule has 1 N–H and O–H groups in total. The largest absolute Gasteiger partial charge is 0.315 e. The quantitative estimate of drug-likeness (QED) is 0.622. The Hall–Kier alpha value is -0.520. The summed E-state index contributed by atoms with van der Waals surface area (Å²) >= 11 is 5.86. The minimum absolute atomic E-state index is 0.115. The van der Waals surface area contributed by atoms with Crippen LogP contribution in [0, 0.1) is 6.92 Å². The number of rotatable bonds is 2. The summed E-state index contributed by atoms with van der Waals surface area (Å²) in [5.74, 6) is 0. The van der Waals surface area contributed by atoms with Crippen molar-refractivity contribution in [3.63, 3.8) is 0 Å². The van der Waals surface area contributed by atoms with Gasteiger partial charge < -0.3 is 5.32 Å². The second-order valence-electron chi connectivity index (χ2n) is 3.54. The van der Waals surface area contributed by atoms with Crippen LogP contribution in [-0.4, -0.2) is 32.5 Å². The maximum atomic E-state index is 12.0. The van der Waals surface area contributed by atoms with E-state index >= 15 is 0 Å². The van der Waals surface area contributed by atoms with Gasteiger partial charge in [-0.15, -0.1) is 0 Å². The number of halogens is 1. The highest BCUT2D eigenvalue weighted by Crippen LogP contribution is 2.16. The van der Waals surface area contributed by atoms with Crippen molar-refractivity contribution in [2.45, 2.75) is 23.8 Å². The van der Waals surface area contributed by atoms with Gasteiger partial charge in [-0.05, 0) is 19.9 Å². The van der Waals surface area contributed by atoms with Crippen LogP contribution in [0.4, 0.5) is 0 Å². The fraction of sp³-hybridized carbons (Fsp3) is 0.556. The molecule has 0 saturated carbocycles. The average Bonchev–Trinajstić information content (AvgIpc) is 2.74. The smallest absolute Gasteiger partial charge is 0.220 e. The highest BCUT2D eigenvalue weighted by Gasteiger charge is 2.24. The molecule has 6 heteroatoms. The predicted molar refractivity (Wildman–Crippen MR) is 59.5 cm³/mol. The molecule has 0 spiro atoms. The van der Waals surface area contributed by atoms with Gasteiger partial charge in [0.05, 0.1) is 16.0 Å². The number of hydrogen-bond donors (Lipinski definition) is 1. The van der Waals surface area contributed by atoms with Gasteiger partial charge in [-0.3, -0.25) is 4.21 Å². The van der Waals surface area contributed by atoms with Crippen molar-refractivity contribution >= 4 is 22.4 Å². The molecular formula is C9H12ClN3OS. The first-order valence-electron chi connectivity index (χ1n) is 4.79. The molecule has 0 aromatic carbocycles. The molecule has 0 unspecified atom stereocenters. The Morgan fingerprint density at radius 1 is 1.67 bits per heavy atom. The van der Waals surface area contributed by atoms with Gasteiger partial charge in [0, 0.05) is 18.3 Å². The van der Waals surface area contributed by atoms with E-state index in [1.807, 2.05) is 6.92 Å². The molecule has 1 aliphatic heterocycles. The lowest BCUT2D eigenvalue weighted by Crippen LogP contribution is -2.20. The minimum atomic E-state index is -1.15. The van der Waals surface area contributed by atoms with Crippen LogP contribution in [0.2, 0.25) is 5.15 Å². The summed E-state index contributed by atoms with van der Waals surface area (Å²) < 4.78 is 12.0. The summed E-state index contributed by atoms with van der Waals surface area (Å²) in [5, 5.41) is 4.02. The van der Waals surface area contributed by atoms with E-state index in [9.17, 15) is 4.21 Å². The molecule has 1 saturated heterocycles. The van der Waals surface area contributed by atoms with Gasteiger partial charge >= 0.3 is 0 Å². The first-order chi connectivity index (χ1) is 7.18. The maximum absolute atomic E-state index is 12.0. The van der Waals surface area contributed by atoms with Crippen LogP contribution in [0.15, 0.2) is 11.4 Å². The lowest BCUT2D eigenvalue weighted by molar-refractivity contribution is 0.664. The summed E-state index contributed by atoms with van der Waals surface area (Å²) in [6, 6.07) is 0. The van der Waals surface area contributed by atoms with Crippen LogP contribution in [0.1, 0.15) is 12.0 Å². The topological polar surface area (TPSA) is 54.9 Å². The Kier molecular flexibility index (Phi) is 3.33. The molecule has 4 nitrogen and oxygen atoms in total. The highest BCUT2D eigenvalue weighted by atomic mass is 35.5. The van der Waals surface area contributed by atoms with Crippen LogP contribution >= 0.6 is 11.6 Å². The van der Waals surface area contributed by atoms with E-state index in [1.165, 1.54) is 0 Å². The molecule has 15 heavy (non-hydrogen) atoms. The average molecular weight is 246 g/mol. The van der Waals surface area contributed by atoms with E-state index in [2.05, 4.69) is 15.3 Å². The van der Waals surface area contributed by atoms with Crippen molar-refractivity contribution < 1.29 is 4.21 Å². The standard InChI is InChI=1S/C9H12ClN3OS/c1-6-4-12-9(13-8(6)10)15(14)7-2-3-11-5-7/h4,7,11H,2-3,5H2,1H3/t7-,15-/m1/s1. The van der Waals surface area contributed by atoms with Crippen molar-refractivity contribution in [1.29, 1.82) is 0 Å². The normalized spacial score (nSPS) is 22.9. The van der Waals surface area contributed by atoms with E-state index in [0.717, 1.165) is 25.1 Å². The fourth-order valence-electron chi connectivity index (χ4n) is 1.46. The third kappa shape index (κ3) is 2.35. The van der Waals surface area contributed by atoms with E-state index in [-0.39, 0.29) is 5.25 Å². The third-order valence-corrected chi connectivity index (χ3v) is 4.33. The molecule has 1 aromatic rings. The number of aryl methyl sites for hydroxylation is 1. The molecule has 2 heterocycles. The van der Waals surface area contributed by atoms with Crippen LogP contribution in [0.3, 0.4) is 0 Å². The second kappa shape index (κ2) is 4.55. The predicted octanol–water partition coefficient (Wildman–Crippen LogP) is 0.908. The number of hydrogen-bond acceptors (Lipinski definition) is 4. The molecule has 0 amide bonds. The number of nitrogens with one attached hydrogen (secondary N) is 1. The maximum Gasteiger partial charge on any atom is 0.220 e. The number of aromatic nitrogens is 2. The molecular weight excluding hydrogens is 234 g/mol. The number of nitrogens with zero attached hydrogens (tertiary/aromatic N) is 2.